The molecule has 2 aromatic carbocycles. The number of carbonyl (C=O) groups is 2. The van der Waals surface area contributed by atoms with Crippen molar-refractivity contribution in [1.82, 2.24) is 0 Å². The van der Waals surface area contributed by atoms with E-state index in [0.717, 1.165) is 4.31 Å². The number of carbonyl (C=O) groups excluding carboxylic acids is 2. The summed E-state index contributed by atoms with van der Waals surface area (Å²) >= 11 is 0. The second-order valence-electron chi connectivity index (χ2n) is 6.09. The fourth-order valence-electron chi connectivity index (χ4n) is 2.82. The molecular formula is C19H20N2O6S. The van der Waals surface area contributed by atoms with Gasteiger partial charge in [0.1, 0.15) is 10.6 Å². The molecule has 0 saturated heterocycles. The molecule has 0 radical (unpaired) electrons. The van der Waals surface area contributed by atoms with E-state index in [0.29, 0.717) is 0 Å². The van der Waals surface area contributed by atoms with Gasteiger partial charge in [0.25, 0.3) is 10.0 Å². The molecule has 0 spiro atoms. The van der Waals surface area contributed by atoms with Crippen molar-refractivity contribution in [2.45, 2.75) is 24.8 Å². The van der Waals surface area contributed by atoms with Gasteiger partial charge in [-0.15, -0.1) is 0 Å². The molecule has 2 aromatic rings. The molecule has 0 aromatic heterocycles. The molecule has 0 aliphatic carbocycles. The number of esters is 1. The van der Waals surface area contributed by atoms with E-state index in [1.54, 1.807) is 37.3 Å². The van der Waals surface area contributed by atoms with Crippen LogP contribution in [0.1, 0.15) is 13.8 Å². The number of rotatable bonds is 5. The molecule has 0 unspecified atom stereocenters. The van der Waals surface area contributed by atoms with Crippen LogP contribution in [0, 0.1) is 0 Å². The average molecular weight is 404 g/mol. The molecule has 2 amide bonds. The molecule has 1 aliphatic rings. The molecule has 1 atom stereocenters. The first kappa shape index (κ1) is 19.7. The summed E-state index contributed by atoms with van der Waals surface area (Å²) in [5, 5.41) is 0. The maximum atomic E-state index is 13.1. The number of amides is 2. The predicted molar refractivity (Wildman–Crippen MR) is 103 cm³/mol. The number of para-hydroxylation sites is 1. The second-order valence-corrected chi connectivity index (χ2v) is 7.84. The van der Waals surface area contributed by atoms with Gasteiger partial charge in [-0.2, -0.15) is 4.31 Å². The molecule has 0 bridgehead atoms. The van der Waals surface area contributed by atoms with Gasteiger partial charge in [0.15, 0.2) is 6.10 Å². The van der Waals surface area contributed by atoms with E-state index in [-0.39, 0.29) is 28.6 Å². The minimum atomic E-state index is -4.09. The van der Waals surface area contributed by atoms with Gasteiger partial charge < -0.3 is 9.47 Å². The molecule has 3 rings (SSSR count). The SMILES string of the molecule is CCOC(=O)[C@@H](C)Oc1ccc2c(c1)N(C)C(=O)N(c1ccccc1)S2(=O)=O. The fraction of sp³-hybridized carbons (Fsp3) is 0.263. The van der Waals surface area contributed by atoms with Gasteiger partial charge in [0.05, 0.1) is 18.0 Å². The average Bonchev–Trinajstić information content (AvgIpc) is 2.67. The monoisotopic (exact) mass is 404 g/mol. The first-order valence-electron chi connectivity index (χ1n) is 8.62. The summed E-state index contributed by atoms with van der Waals surface area (Å²) in [6, 6.07) is 11.6. The van der Waals surface area contributed by atoms with Crippen LogP contribution in [0.2, 0.25) is 0 Å². The number of hydrogen-bond donors (Lipinski definition) is 0. The van der Waals surface area contributed by atoms with Crippen LogP contribution < -0.4 is 13.9 Å². The van der Waals surface area contributed by atoms with Gasteiger partial charge >= 0.3 is 12.0 Å². The lowest BCUT2D eigenvalue weighted by atomic mass is 10.2. The van der Waals surface area contributed by atoms with Crippen molar-refractivity contribution in [1.29, 1.82) is 0 Å². The maximum absolute atomic E-state index is 13.1. The van der Waals surface area contributed by atoms with Gasteiger partial charge in [-0.1, -0.05) is 18.2 Å². The summed E-state index contributed by atoms with van der Waals surface area (Å²) in [5.41, 5.74) is 0.423. The second kappa shape index (κ2) is 7.51. The van der Waals surface area contributed by atoms with Gasteiger partial charge in [-0.05, 0) is 38.1 Å². The molecule has 1 heterocycles. The Morgan fingerprint density at radius 2 is 1.82 bits per heavy atom. The first-order chi connectivity index (χ1) is 13.3. The third-order valence-electron chi connectivity index (χ3n) is 4.19. The van der Waals surface area contributed by atoms with Gasteiger partial charge in [-0.25, -0.2) is 18.0 Å². The number of fused-ring (bicyclic) bond motifs is 1. The maximum Gasteiger partial charge on any atom is 0.347 e. The number of urea groups is 1. The summed E-state index contributed by atoms with van der Waals surface area (Å²) in [6.45, 7) is 3.44. The Morgan fingerprint density at radius 3 is 2.46 bits per heavy atom. The zero-order chi connectivity index (χ0) is 20.5. The standard InChI is InChI=1S/C19H20N2O6S/c1-4-26-18(22)13(2)27-15-10-11-17-16(12-15)20(3)19(23)21(28(17,24)25)14-8-6-5-7-9-14/h5-13H,4H2,1-3H3/t13-/m1/s1. The van der Waals surface area contributed by atoms with E-state index in [4.69, 9.17) is 9.47 Å². The van der Waals surface area contributed by atoms with Crippen LogP contribution in [0.3, 0.4) is 0 Å². The summed E-state index contributed by atoms with van der Waals surface area (Å²) < 4.78 is 37.3. The van der Waals surface area contributed by atoms with E-state index in [1.165, 1.54) is 37.1 Å². The normalized spacial score (nSPS) is 16.3. The molecular weight excluding hydrogens is 384 g/mol. The molecule has 0 fully saturated rings. The van der Waals surface area contributed by atoms with Crippen molar-refractivity contribution in [3.8, 4) is 5.75 Å². The van der Waals surface area contributed by atoms with Gasteiger partial charge in [0.2, 0.25) is 0 Å². The van der Waals surface area contributed by atoms with E-state index in [9.17, 15) is 18.0 Å². The minimum Gasteiger partial charge on any atom is -0.479 e. The van der Waals surface area contributed by atoms with Crippen LogP contribution in [-0.2, 0) is 19.6 Å². The molecule has 1 aliphatic heterocycles. The summed E-state index contributed by atoms with van der Waals surface area (Å²) in [4.78, 5) is 25.7. The van der Waals surface area contributed by atoms with Crippen molar-refractivity contribution in [2.24, 2.45) is 0 Å². The number of anilines is 2. The summed E-state index contributed by atoms with van der Waals surface area (Å²) in [6.07, 6.45) is -0.875. The van der Waals surface area contributed by atoms with E-state index in [2.05, 4.69) is 0 Å². The summed E-state index contributed by atoms with van der Waals surface area (Å²) in [5.74, 6) is -0.283. The van der Waals surface area contributed by atoms with E-state index < -0.39 is 28.1 Å². The number of hydrogen-bond acceptors (Lipinski definition) is 6. The molecule has 8 nitrogen and oxygen atoms in total. The Morgan fingerprint density at radius 1 is 1.14 bits per heavy atom. The van der Waals surface area contributed by atoms with Crippen molar-refractivity contribution in [3.63, 3.8) is 0 Å². The van der Waals surface area contributed by atoms with Crippen molar-refractivity contribution in [2.75, 3.05) is 22.9 Å². The van der Waals surface area contributed by atoms with Crippen LogP contribution in [0.25, 0.3) is 0 Å². The van der Waals surface area contributed by atoms with Crippen LogP contribution in [0.5, 0.6) is 5.75 Å². The van der Waals surface area contributed by atoms with Gasteiger partial charge in [-0.3, -0.25) is 4.90 Å². The van der Waals surface area contributed by atoms with Crippen molar-refractivity contribution >= 4 is 33.4 Å². The van der Waals surface area contributed by atoms with E-state index >= 15 is 0 Å². The highest BCUT2D eigenvalue weighted by Gasteiger charge is 2.41. The highest BCUT2D eigenvalue weighted by molar-refractivity contribution is 7.94. The zero-order valence-electron chi connectivity index (χ0n) is 15.7. The number of nitrogens with zero attached hydrogens (tertiary/aromatic N) is 2. The molecule has 0 N–H and O–H groups in total. The Hall–Kier alpha value is -3.07. The zero-order valence-corrected chi connectivity index (χ0v) is 16.5. The number of benzene rings is 2. The number of ether oxygens (including phenoxy) is 2. The smallest absolute Gasteiger partial charge is 0.347 e. The topological polar surface area (TPSA) is 93.2 Å². The lowest BCUT2D eigenvalue weighted by Gasteiger charge is -2.34. The molecule has 9 heteroatoms. The highest BCUT2D eigenvalue weighted by atomic mass is 32.2. The highest BCUT2D eigenvalue weighted by Crippen LogP contribution is 2.38. The molecule has 28 heavy (non-hydrogen) atoms. The van der Waals surface area contributed by atoms with Crippen LogP contribution in [0.4, 0.5) is 16.2 Å². The Kier molecular flexibility index (Phi) is 5.28. The third kappa shape index (κ3) is 3.40. The van der Waals surface area contributed by atoms with Crippen LogP contribution in [0.15, 0.2) is 53.4 Å². The van der Waals surface area contributed by atoms with Crippen molar-refractivity contribution in [3.05, 3.63) is 48.5 Å². The minimum absolute atomic E-state index is 0.0328. The predicted octanol–water partition coefficient (Wildman–Crippen LogP) is 2.78. The quantitative estimate of drug-likeness (QED) is 0.712. The van der Waals surface area contributed by atoms with Crippen LogP contribution >= 0.6 is 0 Å². The van der Waals surface area contributed by atoms with E-state index in [1.807, 2.05) is 0 Å². The lowest BCUT2D eigenvalue weighted by Crippen LogP contribution is -2.49. The number of sulfonamides is 1. The third-order valence-corrected chi connectivity index (χ3v) is 5.94. The Balaban J connectivity index is 1.99. The largest absolute Gasteiger partial charge is 0.479 e. The van der Waals surface area contributed by atoms with Crippen molar-refractivity contribution < 1.29 is 27.5 Å². The van der Waals surface area contributed by atoms with Gasteiger partial charge in [0, 0.05) is 13.1 Å². The Labute approximate surface area is 163 Å². The fourth-order valence-corrected chi connectivity index (χ4v) is 4.44. The summed E-state index contributed by atoms with van der Waals surface area (Å²) in [7, 11) is -2.62. The first-order valence-corrected chi connectivity index (χ1v) is 10.1. The molecule has 148 valence electrons. The molecule has 0 saturated carbocycles. The van der Waals surface area contributed by atoms with Crippen LogP contribution in [-0.4, -0.2) is 40.2 Å². The lowest BCUT2D eigenvalue weighted by molar-refractivity contribution is -0.150. The Bertz CT molecular complexity index is 1010.